The molecule has 0 unspecified atom stereocenters. The van der Waals surface area contributed by atoms with Crippen LogP contribution < -0.4 is 5.32 Å². The Balaban J connectivity index is 2.62. The summed E-state index contributed by atoms with van der Waals surface area (Å²) in [7, 11) is 1.90. The third kappa shape index (κ3) is 3.72. The van der Waals surface area contributed by atoms with Gasteiger partial charge in [-0.05, 0) is 32.0 Å². The van der Waals surface area contributed by atoms with Gasteiger partial charge < -0.3 is 10.1 Å². The number of carbonyl (C=O) groups excluding carboxylic acids is 1. The van der Waals surface area contributed by atoms with Gasteiger partial charge in [-0.25, -0.2) is 4.79 Å². The molecule has 1 rings (SSSR count). The Bertz CT molecular complexity index is 314. The van der Waals surface area contributed by atoms with Gasteiger partial charge in [0.1, 0.15) is 0 Å². The molecule has 0 aromatic heterocycles. The lowest BCUT2D eigenvalue weighted by Gasteiger charge is -2.00. The van der Waals surface area contributed by atoms with Crippen LogP contribution in [0.25, 0.3) is 0 Å². The van der Waals surface area contributed by atoms with Crippen molar-refractivity contribution >= 4 is 5.97 Å². The van der Waals surface area contributed by atoms with Crippen molar-refractivity contribution in [3.05, 3.63) is 35.5 Å². The van der Waals surface area contributed by atoms with Gasteiger partial charge in [0, 0.05) is 6.54 Å². The summed E-state index contributed by atoms with van der Waals surface area (Å²) in [6.45, 7) is 3.05. The van der Waals surface area contributed by atoms with Gasteiger partial charge in [0.25, 0.3) is 0 Å². The van der Waals surface area contributed by atoms with E-state index in [1.165, 1.54) is 5.57 Å². The van der Waals surface area contributed by atoms with Crippen LogP contribution in [0.5, 0.6) is 0 Å². The van der Waals surface area contributed by atoms with Crippen LogP contribution in [0.15, 0.2) is 35.5 Å². The molecule has 3 nitrogen and oxygen atoms in total. The Labute approximate surface area is 90.5 Å². The summed E-state index contributed by atoms with van der Waals surface area (Å²) >= 11 is 0. The molecule has 0 saturated carbocycles. The first-order chi connectivity index (χ1) is 7.27. The van der Waals surface area contributed by atoms with E-state index in [-0.39, 0.29) is 5.97 Å². The molecule has 0 bridgehead atoms. The summed E-state index contributed by atoms with van der Waals surface area (Å²) in [5.41, 5.74) is 1.83. The fraction of sp³-hybridized carbons (Fsp3) is 0.417. The highest BCUT2D eigenvalue weighted by Crippen LogP contribution is 2.11. The summed E-state index contributed by atoms with van der Waals surface area (Å²) in [6, 6.07) is 0. The monoisotopic (exact) mass is 207 g/mol. The maximum Gasteiger partial charge on any atom is 0.337 e. The van der Waals surface area contributed by atoms with E-state index in [1.807, 2.05) is 32.2 Å². The molecule has 0 radical (unpaired) electrons. The van der Waals surface area contributed by atoms with Crippen LogP contribution in [-0.4, -0.2) is 26.2 Å². The molecule has 15 heavy (non-hydrogen) atoms. The van der Waals surface area contributed by atoms with Crippen molar-refractivity contribution in [3.63, 3.8) is 0 Å². The third-order valence-corrected chi connectivity index (χ3v) is 2.09. The van der Waals surface area contributed by atoms with Crippen molar-refractivity contribution < 1.29 is 9.53 Å². The summed E-state index contributed by atoms with van der Waals surface area (Å²) in [5, 5.41) is 3.08. The maximum absolute atomic E-state index is 11.4. The van der Waals surface area contributed by atoms with Gasteiger partial charge in [0.2, 0.25) is 0 Å². The first-order valence-electron chi connectivity index (χ1n) is 5.17. The van der Waals surface area contributed by atoms with Gasteiger partial charge in [0.05, 0.1) is 12.2 Å². The van der Waals surface area contributed by atoms with Crippen molar-refractivity contribution in [2.24, 2.45) is 0 Å². The van der Waals surface area contributed by atoms with E-state index in [0.717, 1.165) is 13.0 Å². The molecule has 82 valence electrons. The number of ether oxygens (including phenoxy) is 1. The minimum atomic E-state index is -0.243. The van der Waals surface area contributed by atoms with E-state index >= 15 is 0 Å². The standard InChI is InChI=1S/C12H17NO2/c1-3-15-12(14)11-6-4-5-10(7-8-11)9-13-2/h5-8,13H,3-4,9H2,1-2H3. The van der Waals surface area contributed by atoms with Crippen molar-refractivity contribution in [2.75, 3.05) is 20.2 Å². The highest BCUT2D eigenvalue weighted by molar-refractivity contribution is 5.91. The lowest BCUT2D eigenvalue weighted by molar-refractivity contribution is -0.138. The van der Waals surface area contributed by atoms with E-state index < -0.39 is 0 Å². The van der Waals surface area contributed by atoms with Crippen LogP contribution >= 0.6 is 0 Å². The molecule has 0 amide bonds. The Morgan fingerprint density at radius 1 is 1.47 bits per heavy atom. The smallest absolute Gasteiger partial charge is 0.337 e. The van der Waals surface area contributed by atoms with Crippen molar-refractivity contribution in [2.45, 2.75) is 13.3 Å². The van der Waals surface area contributed by atoms with Crippen LogP contribution in [0.3, 0.4) is 0 Å². The van der Waals surface area contributed by atoms with Crippen LogP contribution in [-0.2, 0) is 9.53 Å². The fourth-order valence-corrected chi connectivity index (χ4v) is 1.37. The van der Waals surface area contributed by atoms with Crippen LogP contribution in [0, 0.1) is 0 Å². The van der Waals surface area contributed by atoms with Gasteiger partial charge in [-0.1, -0.05) is 18.2 Å². The topological polar surface area (TPSA) is 38.3 Å². The second kappa shape index (κ2) is 6.19. The molecule has 0 heterocycles. The molecule has 1 N–H and O–H groups in total. The van der Waals surface area contributed by atoms with E-state index in [0.29, 0.717) is 12.2 Å². The van der Waals surface area contributed by atoms with Gasteiger partial charge in [0.15, 0.2) is 0 Å². The number of rotatable bonds is 4. The van der Waals surface area contributed by atoms with Crippen molar-refractivity contribution in [1.82, 2.24) is 5.32 Å². The molecule has 0 saturated heterocycles. The largest absolute Gasteiger partial charge is 0.462 e. The average Bonchev–Trinajstić information content (AvgIpc) is 2.44. The molecule has 3 heteroatoms. The fourth-order valence-electron chi connectivity index (χ4n) is 1.37. The van der Waals surface area contributed by atoms with Crippen LogP contribution in [0.2, 0.25) is 0 Å². The lowest BCUT2D eigenvalue weighted by atomic mass is 10.2. The normalized spacial score (nSPS) is 15.3. The maximum atomic E-state index is 11.4. The first-order valence-corrected chi connectivity index (χ1v) is 5.17. The quantitative estimate of drug-likeness (QED) is 0.711. The van der Waals surface area contributed by atoms with Gasteiger partial charge in [-0.15, -0.1) is 0 Å². The molecule has 0 aromatic rings. The second-order valence-corrected chi connectivity index (χ2v) is 3.26. The van der Waals surface area contributed by atoms with Crippen LogP contribution in [0.4, 0.5) is 0 Å². The number of nitrogens with one attached hydrogen (secondary N) is 1. The number of likely N-dealkylation sites (N-methyl/N-ethyl adjacent to an activating group) is 1. The number of esters is 1. The van der Waals surface area contributed by atoms with E-state index in [9.17, 15) is 4.79 Å². The zero-order valence-electron chi connectivity index (χ0n) is 9.25. The molecular formula is C12H17NO2. The summed E-state index contributed by atoms with van der Waals surface area (Å²) in [4.78, 5) is 11.4. The Morgan fingerprint density at radius 3 is 2.93 bits per heavy atom. The lowest BCUT2D eigenvalue weighted by Crippen LogP contribution is -2.09. The minimum absolute atomic E-state index is 0.243. The Morgan fingerprint density at radius 2 is 2.27 bits per heavy atom. The highest BCUT2D eigenvalue weighted by Gasteiger charge is 2.08. The Kier molecular flexibility index (Phi) is 4.84. The molecule has 0 aromatic carbocycles. The van der Waals surface area contributed by atoms with Crippen LogP contribution in [0.1, 0.15) is 13.3 Å². The molecule has 1 aliphatic rings. The summed E-state index contributed by atoms with van der Waals surface area (Å²) in [5.74, 6) is -0.243. The van der Waals surface area contributed by atoms with Gasteiger partial charge in [-0.2, -0.15) is 0 Å². The molecule has 1 aliphatic carbocycles. The number of hydrogen-bond donors (Lipinski definition) is 1. The molecule has 0 aliphatic heterocycles. The predicted molar refractivity (Wildman–Crippen MR) is 60.5 cm³/mol. The van der Waals surface area contributed by atoms with Gasteiger partial charge in [-0.3, -0.25) is 0 Å². The average molecular weight is 207 g/mol. The predicted octanol–water partition coefficient (Wildman–Crippen LogP) is 1.58. The third-order valence-electron chi connectivity index (χ3n) is 2.09. The zero-order valence-corrected chi connectivity index (χ0v) is 9.25. The SMILES string of the molecule is CCOC(=O)C1=CCC=C(CNC)C=C1. The Hall–Kier alpha value is -1.35. The molecule has 0 atom stereocenters. The minimum Gasteiger partial charge on any atom is -0.462 e. The summed E-state index contributed by atoms with van der Waals surface area (Å²) < 4.78 is 4.93. The number of carbonyl (C=O) groups is 1. The number of hydrogen-bond acceptors (Lipinski definition) is 3. The molecule has 0 fully saturated rings. The van der Waals surface area contributed by atoms with Gasteiger partial charge >= 0.3 is 5.97 Å². The second-order valence-electron chi connectivity index (χ2n) is 3.26. The van der Waals surface area contributed by atoms with E-state index in [4.69, 9.17) is 4.74 Å². The summed E-state index contributed by atoms with van der Waals surface area (Å²) in [6.07, 6.45) is 8.52. The molecular weight excluding hydrogens is 190 g/mol. The first kappa shape index (κ1) is 11.7. The number of allylic oxidation sites excluding steroid dienone is 2. The van der Waals surface area contributed by atoms with E-state index in [2.05, 4.69) is 11.4 Å². The van der Waals surface area contributed by atoms with Crippen molar-refractivity contribution in [1.29, 1.82) is 0 Å². The van der Waals surface area contributed by atoms with Crippen molar-refractivity contribution in [3.8, 4) is 0 Å². The molecule has 0 spiro atoms. The zero-order chi connectivity index (χ0) is 11.1. The highest BCUT2D eigenvalue weighted by atomic mass is 16.5. The van der Waals surface area contributed by atoms with E-state index in [1.54, 1.807) is 0 Å².